The third kappa shape index (κ3) is 2.75. The van der Waals surface area contributed by atoms with Gasteiger partial charge >= 0.3 is 6.03 Å². The number of nitrogens with one attached hydrogen (secondary N) is 3. The molecule has 20 heavy (non-hydrogen) atoms. The Balaban J connectivity index is 1.59. The third-order valence-corrected chi connectivity index (χ3v) is 3.72. The first-order chi connectivity index (χ1) is 9.72. The molecule has 1 saturated heterocycles. The number of likely N-dealkylation sites (tertiary alicyclic amines) is 1. The molecule has 1 aromatic carbocycles. The van der Waals surface area contributed by atoms with Crippen molar-refractivity contribution in [2.45, 2.75) is 13.0 Å². The highest BCUT2D eigenvalue weighted by Gasteiger charge is 2.16. The number of benzene rings is 1. The average molecular weight is 274 g/mol. The van der Waals surface area contributed by atoms with Crippen LogP contribution in [0.1, 0.15) is 22.3 Å². The summed E-state index contributed by atoms with van der Waals surface area (Å²) >= 11 is 0. The van der Waals surface area contributed by atoms with E-state index in [2.05, 4.69) is 20.9 Å². The van der Waals surface area contributed by atoms with Gasteiger partial charge in [-0.25, -0.2) is 4.79 Å². The number of urea groups is 1. The van der Waals surface area contributed by atoms with Crippen molar-refractivity contribution < 1.29 is 9.59 Å². The summed E-state index contributed by atoms with van der Waals surface area (Å²) in [5.74, 6) is -0.0962. The van der Waals surface area contributed by atoms with Gasteiger partial charge in [0.25, 0.3) is 5.91 Å². The van der Waals surface area contributed by atoms with Crippen molar-refractivity contribution in [1.29, 1.82) is 0 Å². The van der Waals surface area contributed by atoms with Gasteiger partial charge in [0.05, 0.1) is 0 Å². The lowest BCUT2D eigenvalue weighted by molar-refractivity contribution is 0.0941. The Morgan fingerprint density at radius 1 is 1.35 bits per heavy atom. The fourth-order valence-electron chi connectivity index (χ4n) is 2.37. The van der Waals surface area contributed by atoms with Crippen LogP contribution in [0.4, 0.5) is 10.5 Å². The van der Waals surface area contributed by atoms with E-state index < -0.39 is 0 Å². The van der Waals surface area contributed by atoms with Crippen LogP contribution < -0.4 is 16.0 Å². The number of hydrogen-bond acceptors (Lipinski definition) is 3. The summed E-state index contributed by atoms with van der Waals surface area (Å²) in [6, 6.07) is 5.16. The zero-order valence-corrected chi connectivity index (χ0v) is 11.2. The number of fused-ring (bicyclic) bond motifs is 1. The Bertz CT molecular complexity index is 540. The summed E-state index contributed by atoms with van der Waals surface area (Å²) in [6.07, 6.45) is 1.26. The van der Waals surface area contributed by atoms with E-state index >= 15 is 0 Å². The third-order valence-electron chi connectivity index (χ3n) is 3.72. The number of hydrogen-bond donors (Lipinski definition) is 3. The molecule has 0 saturated carbocycles. The summed E-state index contributed by atoms with van der Waals surface area (Å²) in [6.45, 7) is 4.32. The minimum Gasteiger partial charge on any atom is -0.351 e. The summed E-state index contributed by atoms with van der Waals surface area (Å²) in [5.41, 5.74) is 2.28. The average Bonchev–Trinajstić information content (AvgIpc) is 2.40. The SMILES string of the molecule is O=C1NCc2ccc(C(=O)NCCN3CCC3)cc2N1. The van der Waals surface area contributed by atoms with Crippen molar-refractivity contribution >= 4 is 17.6 Å². The smallest absolute Gasteiger partial charge is 0.319 e. The largest absolute Gasteiger partial charge is 0.351 e. The highest BCUT2D eigenvalue weighted by molar-refractivity contribution is 5.98. The molecule has 2 aliphatic rings. The summed E-state index contributed by atoms with van der Waals surface area (Å²) in [5, 5.41) is 8.31. The quantitative estimate of drug-likeness (QED) is 0.759. The Morgan fingerprint density at radius 2 is 2.20 bits per heavy atom. The molecule has 0 unspecified atom stereocenters. The van der Waals surface area contributed by atoms with Gasteiger partial charge in [-0.15, -0.1) is 0 Å². The highest BCUT2D eigenvalue weighted by Crippen LogP contribution is 2.20. The molecule has 0 aromatic heterocycles. The van der Waals surface area contributed by atoms with Crippen molar-refractivity contribution in [3.05, 3.63) is 29.3 Å². The van der Waals surface area contributed by atoms with Gasteiger partial charge in [-0.2, -0.15) is 0 Å². The minimum absolute atomic E-state index is 0.0962. The molecule has 3 N–H and O–H groups in total. The van der Waals surface area contributed by atoms with Crippen LogP contribution in [0.5, 0.6) is 0 Å². The molecular weight excluding hydrogens is 256 g/mol. The maximum absolute atomic E-state index is 12.0. The van der Waals surface area contributed by atoms with E-state index in [1.165, 1.54) is 6.42 Å². The first kappa shape index (κ1) is 12.9. The molecule has 0 aliphatic carbocycles. The van der Waals surface area contributed by atoms with Crippen LogP contribution in [0.25, 0.3) is 0 Å². The maximum atomic E-state index is 12.0. The molecule has 1 aromatic rings. The van der Waals surface area contributed by atoms with Gasteiger partial charge in [-0.1, -0.05) is 6.07 Å². The number of anilines is 1. The van der Waals surface area contributed by atoms with Crippen molar-refractivity contribution in [1.82, 2.24) is 15.5 Å². The second-order valence-corrected chi connectivity index (χ2v) is 5.13. The van der Waals surface area contributed by atoms with E-state index in [0.717, 1.165) is 25.2 Å². The monoisotopic (exact) mass is 274 g/mol. The fourth-order valence-corrected chi connectivity index (χ4v) is 2.37. The lowest BCUT2D eigenvalue weighted by atomic mass is 10.1. The number of amides is 3. The Hall–Kier alpha value is -2.08. The van der Waals surface area contributed by atoms with E-state index in [-0.39, 0.29) is 11.9 Å². The summed E-state index contributed by atoms with van der Waals surface area (Å²) in [7, 11) is 0. The molecule has 2 aliphatic heterocycles. The van der Waals surface area contributed by atoms with Gasteiger partial charge in [-0.05, 0) is 37.2 Å². The van der Waals surface area contributed by atoms with Crippen molar-refractivity contribution in [3.63, 3.8) is 0 Å². The second-order valence-electron chi connectivity index (χ2n) is 5.13. The fraction of sp³-hybridized carbons (Fsp3) is 0.429. The van der Waals surface area contributed by atoms with Crippen molar-refractivity contribution in [2.24, 2.45) is 0 Å². The van der Waals surface area contributed by atoms with Crippen LogP contribution in [0.3, 0.4) is 0 Å². The molecule has 3 rings (SSSR count). The Kier molecular flexibility index (Phi) is 3.56. The topological polar surface area (TPSA) is 73.5 Å². The van der Waals surface area contributed by atoms with E-state index in [1.807, 2.05) is 6.07 Å². The van der Waals surface area contributed by atoms with E-state index in [4.69, 9.17) is 0 Å². The molecule has 0 bridgehead atoms. The lowest BCUT2D eigenvalue weighted by Crippen LogP contribution is -2.42. The van der Waals surface area contributed by atoms with Crippen molar-refractivity contribution in [2.75, 3.05) is 31.5 Å². The molecular formula is C14H18N4O2. The van der Waals surface area contributed by atoms with Crippen LogP contribution in [0.15, 0.2) is 18.2 Å². The van der Waals surface area contributed by atoms with Crippen LogP contribution in [0.2, 0.25) is 0 Å². The van der Waals surface area contributed by atoms with Crippen LogP contribution in [0, 0.1) is 0 Å². The van der Waals surface area contributed by atoms with Gasteiger partial charge in [0.15, 0.2) is 0 Å². The Morgan fingerprint density at radius 3 is 2.95 bits per heavy atom. The van der Waals surface area contributed by atoms with Crippen LogP contribution >= 0.6 is 0 Å². The molecule has 0 spiro atoms. The molecule has 3 amide bonds. The lowest BCUT2D eigenvalue weighted by Gasteiger charge is -2.30. The number of nitrogens with zero attached hydrogens (tertiary/aromatic N) is 1. The molecule has 6 nitrogen and oxygen atoms in total. The predicted octanol–water partition coefficient (Wildman–Crippen LogP) is 0.757. The summed E-state index contributed by atoms with van der Waals surface area (Å²) < 4.78 is 0. The zero-order valence-electron chi connectivity index (χ0n) is 11.2. The minimum atomic E-state index is -0.229. The van der Waals surface area contributed by atoms with Crippen molar-refractivity contribution in [3.8, 4) is 0 Å². The Labute approximate surface area is 117 Å². The molecule has 0 radical (unpaired) electrons. The van der Waals surface area contributed by atoms with Crippen LogP contribution in [-0.4, -0.2) is 43.0 Å². The maximum Gasteiger partial charge on any atom is 0.319 e. The summed E-state index contributed by atoms with van der Waals surface area (Å²) in [4.78, 5) is 25.6. The number of carbonyl (C=O) groups excluding carboxylic acids is 2. The first-order valence-corrected chi connectivity index (χ1v) is 6.91. The number of rotatable bonds is 4. The molecule has 0 atom stereocenters. The predicted molar refractivity (Wildman–Crippen MR) is 75.7 cm³/mol. The van der Waals surface area contributed by atoms with E-state index in [0.29, 0.717) is 24.3 Å². The molecule has 6 heteroatoms. The zero-order chi connectivity index (χ0) is 13.9. The van der Waals surface area contributed by atoms with Gasteiger partial charge in [0.2, 0.25) is 0 Å². The highest BCUT2D eigenvalue weighted by atomic mass is 16.2. The van der Waals surface area contributed by atoms with Gasteiger partial charge in [-0.3, -0.25) is 4.79 Å². The van der Waals surface area contributed by atoms with Crippen LogP contribution in [-0.2, 0) is 6.54 Å². The van der Waals surface area contributed by atoms with Gasteiger partial charge < -0.3 is 20.9 Å². The molecule has 106 valence electrons. The standard InChI is InChI=1S/C14H18N4O2/c19-13(15-4-7-18-5-1-6-18)10-2-3-11-9-16-14(20)17-12(11)8-10/h2-3,8H,1,4-7,9H2,(H,15,19)(H2,16,17,20). The molecule has 1 fully saturated rings. The number of carbonyl (C=O) groups is 2. The van der Waals surface area contributed by atoms with E-state index in [1.54, 1.807) is 12.1 Å². The van der Waals surface area contributed by atoms with Gasteiger partial charge in [0, 0.05) is 30.9 Å². The molecule has 2 heterocycles. The van der Waals surface area contributed by atoms with Gasteiger partial charge in [0.1, 0.15) is 0 Å². The second kappa shape index (κ2) is 5.50. The van der Waals surface area contributed by atoms with E-state index in [9.17, 15) is 9.59 Å². The normalized spacial score (nSPS) is 17.5. The first-order valence-electron chi connectivity index (χ1n) is 6.91.